The lowest BCUT2D eigenvalue weighted by molar-refractivity contribution is 0.356. The Kier molecular flexibility index (Phi) is 3.78. The number of nitrogens with one attached hydrogen (secondary N) is 2. The number of aromatic nitrogens is 3. The number of hydrogen-bond donors (Lipinski definition) is 2. The van der Waals surface area contributed by atoms with Crippen LogP contribution in [0.15, 0.2) is 42.7 Å². The predicted octanol–water partition coefficient (Wildman–Crippen LogP) is 3.74. The van der Waals surface area contributed by atoms with E-state index in [9.17, 15) is 5.26 Å². The molecule has 2 aromatic heterocycles. The van der Waals surface area contributed by atoms with Crippen molar-refractivity contribution < 1.29 is 9.47 Å². The first kappa shape index (κ1) is 15.7. The second-order valence-corrected chi connectivity index (χ2v) is 5.68. The molecule has 0 atom stereocenters. The molecule has 4 aromatic rings. The molecule has 0 saturated carbocycles. The Hall–Kier alpha value is -3.79. The van der Waals surface area contributed by atoms with Crippen LogP contribution in [-0.2, 0) is 0 Å². The van der Waals surface area contributed by atoms with Gasteiger partial charge in [0.2, 0.25) is 0 Å². The molecule has 0 aliphatic heterocycles. The molecule has 26 heavy (non-hydrogen) atoms. The third-order valence-corrected chi connectivity index (χ3v) is 4.20. The molecule has 0 spiro atoms. The molecule has 2 heterocycles. The first-order valence-corrected chi connectivity index (χ1v) is 7.88. The van der Waals surface area contributed by atoms with E-state index in [-0.39, 0.29) is 0 Å². The second kappa shape index (κ2) is 6.26. The minimum Gasteiger partial charge on any atom is -0.493 e. The quantitative estimate of drug-likeness (QED) is 0.585. The number of aromatic amines is 1. The Morgan fingerprint density at radius 3 is 2.65 bits per heavy atom. The van der Waals surface area contributed by atoms with Gasteiger partial charge in [0.05, 0.1) is 42.7 Å². The van der Waals surface area contributed by atoms with Crippen molar-refractivity contribution in [2.24, 2.45) is 0 Å². The summed E-state index contributed by atoms with van der Waals surface area (Å²) in [7, 11) is 3.15. The van der Waals surface area contributed by atoms with Crippen molar-refractivity contribution in [3.05, 3.63) is 48.3 Å². The third kappa shape index (κ3) is 2.54. The number of fused-ring (bicyclic) bond motifs is 2. The summed E-state index contributed by atoms with van der Waals surface area (Å²) < 4.78 is 10.7. The van der Waals surface area contributed by atoms with Gasteiger partial charge < -0.3 is 14.8 Å². The van der Waals surface area contributed by atoms with Crippen molar-refractivity contribution in [2.45, 2.75) is 0 Å². The Balaban J connectivity index is 1.89. The van der Waals surface area contributed by atoms with Gasteiger partial charge in [-0.1, -0.05) is 0 Å². The van der Waals surface area contributed by atoms with E-state index in [0.717, 1.165) is 22.0 Å². The Bertz CT molecular complexity index is 1160. The lowest BCUT2D eigenvalue weighted by atomic mass is 10.1. The van der Waals surface area contributed by atoms with Gasteiger partial charge >= 0.3 is 0 Å². The second-order valence-electron chi connectivity index (χ2n) is 5.68. The van der Waals surface area contributed by atoms with Crippen molar-refractivity contribution in [2.75, 3.05) is 19.5 Å². The van der Waals surface area contributed by atoms with E-state index in [4.69, 9.17) is 9.47 Å². The van der Waals surface area contributed by atoms with Crippen molar-refractivity contribution in [3.8, 4) is 17.6 Å². The number of nitriles is 1. The van der Waals surface area contributed by atoms with Crippen LogP contribution in [0.5, 0.6) is 11.5 Å². The van der Waals surface area contributed by atoms with Gasteiger partial charge in [0.15, 0.2) is 11.5 Å². The lowest BCUT2D eigenvalue weighted by Gasteiger charge is -2.14. The maximum Gasteiger partial charge on any atom is 0.162 e. The highest BCUT2D eigenvalue weighted by atomic mass is 16.5. The van der Waals surface area contributed by atoms with Crippen LogP contribution in [0.25, 0.3) is 21.8 Å². The van der Waals surface area contributed by atoms with Crippen LogP contribution in [0.2, 0.25) is 0 Å². The Morgan fingerprint density at radius 2 is 1.88 bits per heavy atom. The van der Waals surface area contributed by atoms with Crippen molar-refractivity contribution in [1.82, 2.24) is 15.2 Å². The van der Waals surface area contributed by atoms with Crippen LogP contribution in [0.3, 0.4) is 0 Å². The molecule has 0 bridgehead atoms. The first-order valence-electron chi connectivity index (χ1n) is 7.88. The minimum absolute atomic E-state index is 0.442. The third-order valence-electron chi connectivity index (χ3n) is 4.20. The average Bonchev–Trinajstić information content (AvgIpc) is 3.15. The van der Waals surface area contributed by atoms with Gasteiger partial charge in [0.1, 0.15) is 6.07 Å². The average molecular weight is 345 g/mol. The topological polar surface area (TPSA) is 95.8 Å². The van der Waals surface area contributed by atoms with Crippen molar-refractivity contribution in [3.63, 3.8) is 0 Å². The molecule has 0 radical (unpaired) electrons. The molecule has 2 aromatic carbocycles. The highest BCUT2D eigenvalue weighted by molar-refractivity contribution is 5.98. The van der Waals surface area contributed by atoms with Gasteiger partial charge in [-0.3, -0.25) is 10.1 Å². The number of rotatable bonds is 4. The fraction of sp³-hybridized carbons (Fsp3) is 0.105. The van der Waals surface area contributed by atoms with Crippen LogP contribution in [0.1, 0.15) is 5.56 Å². The van der Waals surface area contributed by atoms with Crippen LogP contribution in [0, 0.1) is 11.3 Å². The predicted molar refractivity (Wildman–Crippen MR) is 98.9 cm³/mol. The van der Waals surface area contributed by atoms with Gasteiger partial charge in [-0.15, -0.1) is 0 Å². The van der Waals surface area contributed by atoms with Gasteiger partial charge in [0, 0.05) is 28.7 Å². The number of nitrogens with zero attached hydrogens (tertiary/aromatic N) is 3. The number of benzene rings is 2. The zero-order valence-electron chi connectivity index (χ0n) is 14.2. The van der Waals surface area contributed by atoms with E-state index in [1.165, 1.54) is 0 Å². The molecule has 0 aliphatic rings. The summed E-state index contributed by atoms with van der Waals surface area (Å²) in [5, 5.41) is 21.6. The van der Waals surface area contributed by atoms with E-state index in [1.54, 1.807) is 32.7 Å². The van der Waals surface area contributed by atoms with Crippen LogP contribution in [-0.4, -0.2) is 29.4 Å². The number of anilines is 2. The van der Waals surface area contributed by atoms with E-state index < -0.39 is 0 Å². The molecule has 7 nitrogen and oxygen atoms in total. The Morgan fingerprint density at radius 1 is 1.08 bits per heavy atom. The normalized spacial score (nSPS) is 10.7. The number of ether oxygens (including phenoxy) is 2. The van der Waals surface area contributed by atoms with Crippen LogP contribution >= 0.6 is 0 Å². The van der Waals surface area contributed by atoms with Gasteiger partial charge in [-0.25, -0.2) is 0 Å². The molecule has 4 rings (SSSR count). The summed E-state index contributed by atoms with van der Waals surface area (Å²) in [6.07, 6.45) is 3.30. The standard InChI is InChI=1S/C19H15N5O2/c1-25-17-6-14-16(7-18(17)26-2)21-9-12(8-20)19(14)23-13-3-4-15-11(5-13)10-22-24-15/h3-7,9-10H,1-2H3,(H,21,23)(H,22,24). The maximum atomic E-state index is 9.52. The zero-order chi connectivity index (χ0) is 18.1. The SMILES string of the molecule is COc1cc2ncc(C#N)c(Nc3ccc4[nH]ncc4c3)c2cc1OC. The molecular formula is C19H15N5O2. The van der Waals surface area contributed by atoms with Crippen molar-refractivity contribution >= 4 is 33.2 Å². The van der Waals surface area contributed by atoms with Gasteiger partial charge in [0.25, 0.3) is 0 Å². The summed E-state index contributed by atoms with van der Waals surface area (Å²) in [5.74, 6) is 1.16. The molecule has 7 heteroatoms. The monoisotopic (exact) mass is 345 g/mol. The summed E-state index contributed by atoms with van der Waals surface area (Å²) in [6.45, 7) is 0. The van der Waals surface area contributed by atoms with E-state index in [2.05, 4.69) is 26.6 Å². The van der Waals surface area contributed by atoms with E-state index in [0.29, 0.717) is 28.3 Å². The van der Waals surface area contributed by atoms with Crippen LogP contribution in [0.4, 0.5) is 11.4 Å². The fourth-order valence-corrected chi connectivity index (χ4v) is 2.90. The smallest absolute Gasteiger partial charge is 0.162 e. The van der Waals surface area contributed by atoms with Gasteiger partial charge in [-0.2, -0.15) is 10.4 Å². The minimum atomic E-state index is 0.442. The number of hydrogen-bond acceptors (Lipinski definition) is 6. The molecule has 0 saturated heterocycles. The lowest BCUT2D eigenvalue weighted by Crippen LogP contribution is -1.98. The zero-order valence-corrected chi connectivity index (χ0v) is 14.2. The van der Waals surface area contributed by atoms with E-state index >= 15 is 0 Å². The highest BCUT2D eigenvalue weighted by Crippen LogP contribution is 2.37. The molecular weight excluding hydrogens is 330 g/mol. The number of H-pyrrole nitrogens is 1. The number of methoxy groups -OCH3 is 2. The first-order chi connectivity index (χ1) is 12.7. The molecule has 2 N–H and O–H groups in total. The molecule has 0 unspecified atom stereocenters. The largest absolute Gasteiger partial charge is 0.493 e. The summed E-state index contributed by atoms with van der Waals surface area (Å²) >= 11 is 0. The van der Waals surface area contributed by atoms with Crippen molar-refractivity contribution in [1.29, 1.82) is 5.26 Å². The summed E-state index contributed by atoms with van der Waals surface area (Å²) in [4.78, 5) is 4.37. The van der Waals surface area contributed by atoms with Crippen LogP contribution < -0.4 is 14.8 Å². The fourth-order valence-electron chi connectivity index (χ4n) is 2.90. The summed E-state index contributed by atoms with van der Waals surface area (Å²) in [6, 6.07) is 11.6. The molecule has 0 fully saturated rings. The molecule has 128 valence electrons. The van der Waals surface area contributed by atoms with E-state index in [1.807, 2.05) is 24.3 Å². The Labute approximate surface area is 149 Å². The van der Waals surface area contributed by atoms with Gasteiger partial charge in [-0.05, 0) is 24.3 Å². The molecule has 0 aliphatic carbocycles. The number of pyridine rings is 1. The molecule has 0 amide bonds. The highest BCUT2D eigenvalue weighted by Gasteiger charge is 2.14. The maximum absolute atomic E-state index is 9.52. The summed E-state index contributed by atoms with van der Waals surface area (Å²) in [5.41, 5.74) is 3.60.